The van der Waals surface area contributed by atoms with Gasteiger partial charge in [0.15, 0.2) is 5.79 Å². The van der Waals surface area contributed by atoms with E-state index in [1.165, 1.54) is 0 Å². The summed E-state index contributed by atoms with van der Waals surface area (Å²) in [7, 11) is 0. The molecule has 4 fully saturated rings. The average molecular weight is 282 g/mol. The van der Waals surface area contributed by atoms with Crippen molar-refractivity contribution in [2.45, 2.75) is 63.1 Å². The van der Waals surface area contributed by atoms with E-state index in [1.807, 2.05) is 20.8 Å². The first-order chi connectivity index (χ1) is 9.19. The van der Waals surface area contributed by atoms with Gasteiger partial charge in [-0.2, -0.15) is 0 Å². The number of ether oxygens (including phenoxy) is 2. The van der Waals surface area contributed by atoms with Crippen molar-refractivity contribution >= 4 is 5.78 Å². The Bertz CT molecular complexity index is 506. The van der Waals surface area contributed by atoms with E-state index >= 15 is 0 Å². The van der Waals surface area contributed by atoms with Crippen molar-refractivity contribution in [3.05, 3.63) is 0 Å². The summed E-state index contributed by atoms with van der Waals surface area (Å²) in [4.78, 5) is 12.2. The van der Waals surface area contributed by atoms with Crippen LogP contribution in [0.3, 0.4) is 0 Å². The highest BCUT2D eigenvalue weighted by Gasteiger charge is 2.81. The zero-order valence-electron chi connectivity index (χ0n) is 12.2. The minimum Gasteiger partial charge on any atom is -0.384 e. The molecule has 0 bridgehead atoms. The molecule has 0 amide bonds. The molecule has 5 heteroatoms. The van der Waals surface area contributed by atoms with E-state index in [2.05, 4.69) is 0 Å². The number of rotatable bonds is 0. The molecule has 2 aliphatic carbocycles. The zero-order chi connectivity index (χ0) is 14.6. The van der Waals surface area contributed by atoms with E-state index in [-0.39, 0.29) is 30.1 Å². The molecular formula is C15H22O5. The zero-order valence-corrected chi connectivity index (χ0v) is 12.2. The molecule has 2 heterocycles. The lowest BCUT2D eigenvalue weighted by Crippen LogP contribution is -2.68. The van der Waals surface area contributed by atoms with Gasteiger partial charge in [-0.3, -0.25) is 4.79 Å². The fourth-order valence-electron chi connectivity index (χ4n) is 5.01. The molecule has 5 nitrogen and oxygen atoms in total. The molecule has 1 spiro atoms. The number of hydrogen-bond acceptors (Lipinski definition) is 5. The predicted molar refractivity (Wildman–Crippen MR) is 68.7 cm³/mol. The summed E-state index contributed by atoms with van der Waals surface area (Å²) in [6.45, 7) is 6.18. The van der Waals surface area contributed by atoms with Gasteiger partial charge in [0, 0.05) is 30.1 Å². The summed E-state index contributed by atoms with van der Waals surface area (Å²) in [6.07, 6.45) is 0.908. The molecule has 0 radical (unpaired) electrons. The number of fused-ring (bicyclic) bond motifs is 1. The van der Waals surface area contributed by atoms with Crippen LogP contribution in [-0.4, -0.2) is 45.7 Å². The Morgan fingerprint density at radius 1 is 1.25 bits per heavy atom. The first-order valence-corrected chi connectivity index (χ1v) is 7.48. The van der Waals surface area contributed by atoms with Crippen LogP contribution in [0.5, 0.6) is 0 Å². The molecule has 20 heavy (non-hydrogen) atoms. The van der Waals surface area contributed by atoms with Gasteiger partial charge in [0.25, 0.3) is 0 Å². The third-order valence-electron chi connectivity index (χ3n) is 6.81. The molecule has 0 aromatic carbocycles. The lowest BCUT2D eigenvalue weighted by molar-refractivity contribution is -0.306. The van der Waals surface area contributed by atoms with Crippen LogP contribution in [0.4, 0.5) is 0 Å². The Morgan fingerprint density at radius 3 is 2.65 bits per heavy atom. The second-order valence-corrected chi connectivity index (χ2v) is 7.58. The predicted octanol–water partition coefficient (Wildman–Crippen LogP) is 0.619. The van der Waals surface area contributed by atoms with Gasteiger partial charge in [-0.15, -0.1) is 0 Å². The SMILES string of the molecule is C[C@H]1C(=O)C[C@@H]2O[C@@]23C[C@@]2(O)OC[C@H](C)[C@@]2(O)C[C@@]13C. The summed E-state index contributed by atoms with van der Waals surface area (Å²) in [6, 6.07) is 0. The third kappa shape index (κ3) is 1.15. The Morgan fingerprint density at radius 2 is 1.95 bits per heavy atom. The van der Waals surface area contributed by atoms with Gasteiger partial charge in [-0.25, -0.2) is 0 Å². The Kier molecular flexibility index (Phi) is 2.17. The van der Waals surface area contributed by atoms with E-state index in [9.17, 15) is 15.0 Å². The number of carbonyl (C=O) groups is 1. The van der Waals surface area contributed by atoms with Crippen LogP contribution in [0.25, 0.3) is 0 Å². The number of carbonyl (C=O) groups excluding carboxylic acids is 1. The molecule has 0 aromatic rings. The van der Waals surface area contributed by atoms with Crippen LogP contribution >= 0.6 is 0 Å². The van der Waals surface area contributed by atoms with Crippen molar-refractivity contribution in [1.82, 2.24) is 0 Å². The Labute approximate surface area is 118 Å². The van der Waals surface area contributed by atoms with Crippen molar-refractivity contribution in [1.29, 1.82) is 0 Å². The molecular weight excluding hydrogens is 260 g/mol. The van der Waals surface area contributed by atoms with Crippen LogP contribution in [-0.2, 0) is 14.3 Å². The van der Waals surface area contributed by atoms with Crippen molar-refractivity contribution in [2.24, 2.45) is 17.3 Å². The van der Waals surface area contributed by atoms with Crippen LogP contribution in [0.15, 0.2) is 0 Å². The number of hydrogen-bond donors (Lipinski definition) is 2. The summed E-state index contributed by atoms with van der Waals surface area (Å²) < 4.78 is 11.4. The minimum absolute atomic E-state index is 0.121. The molecule has 7 atom stereocenters. The fourth-order valence-corrected chi connectivity index (χ4v) is 5.01. The highest BCUT2D eigenvalue weighted by Crippen LogP contribution is 2.70. The summed E-state index contributed by atoms with van der Waals surface area (Å²) >= 11 is 0. The van der Waals surface area contributed by atoms with Crippen molar-refractivity contribution in [2.75, 3.05) is 6.61 Å². The molecule has 0 aromatic heterocycles. The number of epoxide rings is 1. The van der Waals surface area contributed by atoms with Crippen LogP contribution in [0.2, 0.25) is 0 Å². The molecule has 2 saturated carbocycles. The van der Waals surface area contributed by atoms with E-state index in [0.717, 1.165) is 0 Å². The van der Waals surface area contributed by atoms with Gasteiger partial charge >= 0.3 is 0 Å². The van der Waals surface area contributed by atoms with Gasteiger partial charge in [0.1, 0.15) is 17.0 Å². The molecule has 0 unspecified atom stereocenters. The van der Waals surface area contributed by atoms with Crippen molar-refractivity contribution in [3.8, 4) is 0 Å². The lowest BCUT2D eigenvalue weighted by atomic mass is 9.50. The standard InChI is InChI=1S/C15H22O5/c1-8-5-19-15(18)7-14-11(20-14)4-10(16)9(2)12(14,3)6-13(8,15)17/h8-9,11,17-18H,4-7H2,1-3H3/t8-,9-,11-,12-,13-,14-,15+/m0/s1. The topological polar surface area (TPSA) is 79.3 Å². The smallest absolute Gasteiger partial charge is 0.198 e. The maximum atomic E-state index is 12.2. The molecule has 112 valence electrons. The van der Waals surface area contributed by atoms with Crippen molar-refractivity contribution in [3.63, 3.8) is 0 Å². The van der Waals surface area contributed by atoms with Gasteiger partial charge in [0.05, 0.1) is 12.7 Å². The minimum atomic E-state index is -1.54. The first-order valence-electron chi connectivity index (χ1n) is 7.48. The van der Waals surface area contributed by atoms with Gasteiger partial charge in [0.2, 0.25) is 0 Å². The molecule has 2 saturated heterocycles. The van der Waals surface area contributed by atoms with Gasteiger partial charge in [-0.1, -0.05) is 20.8 Å². The number of ketones is 1. The van der Waals surface area contributed by atoms with Gasteiger partial charge in [-0.05, 0) is 6.42 Å². The first kappa shape index (κ1) is 13.2. The Hall–Kier alpha value is -0.490. The summed E-state index contributed by atoms with van der Waals surface area (Å²) in [5.74, 6) is -1.65. The van der Waals surface area contributed by atoms with E-state index < -0.39 is 22.4 Å². The van der Waals surface area contributed by atoms with E-state index in [1.54, 1.807) is 0 Å². The maximum Gasteiger partial charge on any atom is 0.198 e. The highest BCUT2D eigenvalue weighted by molar-refractivity contribution is 5.84. The van der Waals surface area contributed by atoms with Crippen LogP contribution in [0.1, 0.15) is 40.0 Å². The molecule has 4 rings (SSSR count). The van der Waals surface area contributed by atoms with E-state index in [4.69, 9.17) is 9.47 Å². The Balaban J connectivity index is 1.82. The lowest BCUT2D eigenvalue weighted by Gasteiger charge is -2.56. The fraction of sp³-hybridized carbons (Fsp3) is 0.933. The molecule has 4 aliphatic rings. The van der Waals surface area contributed by atoms with Crippen molar-refractivity contribution < 1.29 is 24.5 Å². The highest BCUT2D eigenvalue weighted by atomic mass is 16.7. The van der Waals surface area contributed by atoms with Gasteiger partial charge < -0.3 is 19.7 Å². The summed E-state index contributed by atoms with van der Waals surface area (Å²) in [5, 5.41) is 21.8. The largest absolute Gasteiger partial charge is 0.384 e. The quantitative estimate of drug-likeness (QED) is 0.637. The number of aliphatic hydroxyl groups is 2. The normalized spacial score (nSPS) is 64.5. The van der Waals surface area contributed by atoms with Crippen LogP contribution < -0.4 is 0 Å². The number of Topliss-reactive ketones (excluding diaryl/α,β-unsaturated/α-hetero) is 1. The van der Waals surface area contributed by atoms with Crippen LogP contribution in [0, 0.1) is 17.3 Å². The maximum absolute atomic E-state index is 12.2. The molecule has 2 N–H and O–H groups in total. The average Bonchev–Trinajstić information content (AvgIpc) is 3.00. The monoisotopic (exact) mass is 282 g/mol. The second-order valence-electron chi connectivity index (χ2n) is 7.58. The van der Waals surface area contributed by atoms with E-state index in [0.29, 0.717) is 19.4 Å². The summed E-state index contributed by atoms with van der Waals surface area (Å²) in [5.41, 5.74) is -2.24. The third-order valence-corrected chi connectivity index (χ3v) is 6.81. The molecule has 2 aliphatic heterocycles. The second kappa shape index (κ2) is 3.29.